The summed E-state index contributed by atoms with van der Waals surface area (Å²) in [4.78, 5) is 27.0. The lowest BCUT2D eigenvalue weighted by Gasteiger charge is -2.27. The lowest BCUT2D eigenvalue weighted by molar-refractivity contribution is -0.116. The molecular formula is C19H24N4O3. The molecule has 138 valence electrons. The largest absolute Gasteiger partial charge is 0.378 e. The molecule has 7 heteroatoms. The summed E-state index contributed by atoms with van der Waals surface area (Å²) in [6, 6.07) is 9.85. The maximum absolute atomic E-state index is 12.9. The molecule has 0 bridgehead atoms. The summed E-state index contributed by atoms with van der Waals surface area (Å²) in [6.07, 6.45) is 2.56. The number of morpholine rings is 1. The lowest BCUT2D eigenvalue weighted by Crippen LogP contribution is -2.41. The molecule has 1 saturated heterocycles. The van der Waals surface area contributed by atoms with Crippen molar-refractivity contribution in [3.63, 3.8) is 0 Å². The van der Waals surface area contributed by atoms with Gasteiger partial charge in [-0.25, -0.2) is 0 Å². The van der Waals surface area contributed by atoms with Gasteiger partial charge in [0.25, 0.3) is 5.91 Å². The first-order valence-electron chi connectivity index (χ1n) is 8.95. The smallest absolute Gasteiger partial charge is 0.274 e. The molecule has 0 aliphatic carbocycles. The number of nitrogens with one attached hydrogen (secondary N) is 1. The number of hydrogen-bond donors (Lipinski definition) is 1. The van der Waals surface area contributed by atoms with Gasteiger partial charge >= 0.3 is 0 Å². The Labute approximate surface area is 152 Å². The second kappa shape index (κ2) is 8.62. The molecule has 0 saturated carbocycles. The highest BCUT2D eigenvalue weighted by Crippen LogP contribution is 2.19. The molecule has 1 aliphatic rings. The standard InChI is InChI=1S/C19H24N4O3/c1-2-23-18(19(25)22-10-12-26-13-11-22)16(14-20-23)21-17(24)9-8-15-6-4-3-5-7-15/h3-7,14H,2,8-13H2,1H3,(H,21,24). The summed E-state index contributed by atoms with van der Waals surface area (Å²) in [6.45, 7) is 4.65. The molecule has 1 aliphatic heterocycles. The molecule has 3 rings (SSSR count). The van der Waals surface area contributed by atoms with Crippen LogP contribution in [0, 0.1) is 0 Å². The third kappa shape index (κ3) is 4.29. The number of carbonyl (C=O) groups excluding carboxylic acids is 2. The summed E-state index contributed by atoms with van der Waals surface area (Å²) < 4.78 is 6.94. The number of carbonyl (C=O) groups is 2. The topological polar surface area (TPSA) is 76.5 Å². The van der Waals surface area contributed by atoms with Crippen LogP contribution in [0.2, 0.25) is 0 Å². The molecule has 0 unspecified atom stereocenters. The Morgan fingerprint density at radius 1 is 1.19 bits per heavy atom. The van der Waals surface area contributed by atoms with Gasteiger partial charge in [0.05, 0.1) is 25.1 Å². The number of aromatic nitrogens is 2. The van der Waals surface area contributed by atoms with Crippen molar-refractivity contribution in [3.8, 4) is 0 Å². The van der Waals surface area contributed by atoms with Crippen LogP contribution in [-0.2, 0) is 22.5 Å². The van der Waals surface area contributed by atoms with Crippen molar-refractivity contribution in [3.05, 3.63) is 47.8 Å². The van der Waals surface area contributed by atoms with Gasteiger partial charge in [-0.1, -0.05) is 30.3 Å². The second-order valence-electron chi connectivity index (χ2n) is 6.16. The molecule has 0 atom stereocenters. The lowest BCUT2D eigenvalue weighted by atomic mass is 10.1. The van der Waals surface area contributed by atoms with E-state index < -0.39 is 0 Å². The van der Waals surface area contributed by atoms with E-state index in [0.29, 0.717) is 57.1 Å². The summed E-state index contributed by atoms with van der Waals surface area (Å²) in [5.41, 5.74) is 2.01. The van der Waals surface area contributed by atoms with E-state index in [4.69, 9.17) is 4.74 Å². The molecule has 2 aromatic rings. The van der Waals surface area contributed by atoms with E-state index >= 15 is 0 Å². The zero-order valence-corrected chi connectivity index (χ0v) is 15.0. The second-order valence-corrected chi connectivity index (χ2v) is 6.16. The van der Waals surface area contributed by atoms with Crippen LogP contribution < -0.4 is 5.32 Å². The Morgan fingerprint density at radius 2 is 1.92 bits per heavy atom. The van der Waals surface area contributed by atoms with Gasteiger partial charge in [-0.15, -0.1) is 0 Å². The quantitative estimate of drug-likeness (QED) is 0.858. The molecule has 7 nitrogen and oxygen atoms in total. The third-order valence-corrected chi connectivity index (χ3v) is 4.40. The molecule has 2 heterocycles. The van der Waals surface area contributed by atoms with Crippen molar-refractivity contribution in [1.82, 2.24) is 14.7 Å². The van der Waals surface area contributed by atoms with Crippen LogP contribution in [0.5, 0.6) is 0 Å². The number of ether oxygens (including phenoxy) is 1. The summed E-state index contributed by atoms with van der Waals surface area (Å²) in [7, 11) is 0. The summed E-state index contributed by atoms with van der Waals surface area (Å²) >= 11 is 0. The van der Waals surface area contributed by atoms with E-state index in [-0.39, 0.29) is 11.8 Å². The van der Waals surface area contributed by atoms with Crippen LogP contribution >= 0.6 is 0 Å². The van der Waals surface area contributed by atoms with E-state index in [1.807, 2.05) is 37.3 Å². The van der Waals surface area contributed by atoms with Gasteiger partial charge in [-0.3, -0.25) is 14.3 Å². The zero-order valence-electron chi connectivity index (χ0n) is 15.0. The minimum absolute atomic E-state index is 0.119. The van der Waals surface area contributed by atoms with Gasteiger partial charge < -0.3 is 15.0 Å². The molecule has 1 N–H and O–H groups in total. The number of anilines is 1. The van der Waals surface area contributed by atoms with Crippen molar-refractivity contribution < 1.29 is 14.3 Å². The van der Waals surface area contributed by atoms with Crippen LogP contribution in [0.25, 0.3) is 0 Å². The van der Waals surface area contributed by atoms with Gasteiger partial charge in [0.15, 0.2) is 0 Å². The Hall–Kier alpha value is -2.67. The van der Waals surface area contributed by atoms with Gasteiger partial charge in [-0.2, -0.15) is 5.10 Å². The van der Waals surface area contributed by atoms with Crippen molar-refractivity contribution in [1.29, 1.82) is 0 Å². The molecule has 1 fully saturated rings. The fourth-order valence-electron chi connectivity index (χ4n) is 2.97. The number of rotatable bonds is 6. The molecule has 1 aromatic carbocycles. The van der Waals surface area contributed by atoms with Gasteiger partial charge in [0, 0.05) is 26.1 Å². The molecule has 0 spiro atoms. The minimum Gasteiger partial charge on any atom is -0.378 e. The van der Waals surface area contributed by atoms with Crippen LogP contribution in [0.15, 0.2) is 36.5 Å². The average Bonchev–Trinajstić information content (AvgIpc) is 3.09. The first kappa shape index (κ1) is 18.1. The van der Waals surface area contributed by atoms with Crippen molar-refractivity contribution in [2.45, 2.75) is 26.3 Å². The molecule has 2 amide bonds. The van der Waals surface area contributed by atoms with E-state index in [9.17, 15) is 9.59 Å². The average molecular weight is 356 g/mol. The van der Waals surface area contributed by atoms with E-state index in [0.717, 1.165) is 5.56 Å². The van der Waals surface area contributed by atoms with Crippen LogP contribution in [0.3, 0.4) is 0 Å². The number of nitrogens with zero attached hydrogens (tertiary/aromatic N) is 3. The predicted octanol–water partition coefficient (Wildman–Crippen LogP) is 1.95. The molecule has 1 aromatic heterocycles. The first-order valence-corrected chi connectivity index (χ1v) is 8.95. The normalized spacial score (nSPS) is 14.3. The van der Waals surface area contributed by atoms with Gasteiger partial charge in [-0.05, 0) is 18.9 Å². The van der Waals surface area contributed by atoms with Crippen molar-refractivity contribution in [2.75, 3.05) is 31.6 Å². The monoisotopic (exact) mass is 356 g/mol. The molecule has 0 radical (unpaired) electrons. The summed E-state index contributed by atoms with van der Waals surface area (Å²) in [5.74, 6) is -0.244. The van der Waals surface area contributed by atoms with E-state index in [2.05, 4.69) is 10.4 Å². The highest BCUT2D eigenvalue weighted by atomic mass is 16.5. The number of aryl methyl sites for hydroxylation is 2. The summed E-state index contributed by atoms with van der Waals surface area (Å²) in [5, 5.41) is 7.10. The highest BCUT2D eigenvalue weighted by Gasteiger charge is 2.25. The van der Waals surface area contributed by atoms with E-state index in [1.165, 1.54) is 0 Å². The maximum Gasteiger partial charge on any atom is 0.274 e. The SMILES string of the molecule is CCn1ncc(NC(=O)CCc2ccccc2)c1C(=O)N1CCOCC1. The van der Waals surface area contributed by atoms with Crippen LogP contribution in [-0.4, -0.2) is 52.8 Å². The number of amides is 2. The van der Waals surface area contributed by atoms with Crippen LogP contribution in [0.1, 0.15) is 29.4 Å². The van der Waals surface area contributed by atoms with Gasteiger partial charge in [0.1, 0.15) is 5.69 Å². The Morgan fingerprint density at radius 3 is 2.62 bits per heavy atom. The van der Waals surface area contributed by atoms with Crippen LogP contribution in [0.4, 0.5) is 5.69 Å². The number of benzene rings is 1. The molecule has 26 heavy (non-hydrogen) atoms. The fraction of sp³-hybridized carbons (Fsp3) is 0.421. The maximum atomic E-state index is 12.9. The minimum atomic E-state index is -0.125. The Kier molecular flexibility index (Phi) is 6.01. The van der Waals surface area contributed by atoms with Gasteiger partial charge in [0.2, 0.25) is 5.91 Å². The first-order chi connectivity index (χ1) is 12.7. The number of hydrogen-bond acceptors (Lipinski definition) is 4. The molecular weight excluding hydrogens is 332 g/mol. The zero-order chi connectivity index (χ0) is 18.4. The van der Waals surface area contributed by atoms with Crippen molar-refractivity contribution in [2.24, 2.45) is 0 Å². The Balaban J connectivity index is 1.68. The predicted molar refractivity (Wildman–Crippen MR) is 98.0 cm³/mol. The third-order valence-electron chi connectivity index (χ3n) is 4.40. The van der Waals surface area contributed by atoms with Crippen molar-refractivity contribution >= 4 is 17.5 Å². The Bertz CT molecular complexity index is 751. The highest BCUT2D eigenvalue weighted by molar-refractivity contribution is 6.02. The van der Waals surface area contributed by atoms with E-state index in [1.54, 1.807) is 15.8 Å². The fourth-order valence-corrected chi connectivity index (χ4v) is 2.97.